The van der Waals surface area contributed by atoms with Crippen LogP contribution in [-0.2, 0) is 4.79 Å². The van der Waals surface area contributed by atoms with Crippen LogP contribution in [0.2, 0.25) is 0 Å². The summed E-state index contributed by atoms with van der Waals surface area (Å²) in [4.78, 5) is 9.77. The van der Waals surface area contributed by atoms with Crippen LogP contribution in [0.15, 0.2) is 0 Å². The number of thiocarbonyl (C=S) groups is 1. The Hall–Kier alpha value is -0.240. The topological polar surface area (TPSA) is 17.1 Å². The molecule has 5 heavy (non-hydrogen) atoms. The Kier molecular flexibility index (Phi) is 1.93. The number of hydrogen-bond donors (Lipinski definition) is 0. The van der Waals surface area contributed by atoms with Crippen molar-refractivity contribution in [3.8, 4) is 0 Å². The number of carbonyl (C=O) groups excluding carboxylic acids is 1. The molecule has 0 amide bonds. The van der Waals surface area contributed by atoms with Crippen molar-refractivity contribution in [1.29, 1.82) is 0 Å². The van der Waals surface area contributed by atoms with Crippen LogP contribution >= 0.6 is 12.2 Å². The van der Waals surface area contributed by atoms with Gasteiger partial charge in [-0.2, -0.15) is 0 Å². The summed E-state index contributed by atoms with van der Waals surface area (Å²) in [6.45, 7) is 1.59. The van der Waals surface area contributed by atoms with Gasteiger partial charge >= 0.3 is 0 Å². The fourth-order valence-corrected chi connectivity index (χ4v) is 0. The van der Waals surface area contributed by atoms with Crippen LogP contribution in [0, 0.1) is 0 Å². The van der Waals surface area contributed by atoms with E-state index in [0.29, 0.717) is 11.2 Å². The first kappa shape index (κ1) is 4.76. The smallest absolute Gasteiger partial charge is 0.156 e. The number of carbonyl (C=O) groups is 1. The van der Waals surface area contributed by atoms with Crippen LogP contribution in [-0.4, -0.2) is 11.2 Å². The van der Waals surface area contributed by atoms with Gasteiger partial charge in [0, 0.05) is 0 Å². The Morgan fingerprint density at radius 3 is 2.20 bits per heavy atom. The molecule has 0 bridgehead atoms. The van der Waals surface area contributed by atoms with Gasteiger partial charge in [0.25, 0.3) is 0 Å². The van der Waals surface area contributed by atoms with Gasteiger partial charge in [-0.1, -0.05) is 12.2 Å². The molecule has 0 rings (SSSR count). The molecular weight excluding hydrogens is 84.1 g/mol. The lowest BCUT2D eigenvalue weighted by Crippen LogP contribution is -1.81. The molecule has 0 fully saturated rings. The van der Waals surface area contributed by atoms with E-state index in [1.54, 1.807) is 6.92 Å². The molecule has 0 radical (unpaired) electrons. The first-order chi connectivity index (χ1) is 2.27. The van der Waals surface area contributed by atoms with Crippen LogP contribution in [0.25, 0.3) is 0 Å². The molecule has 2 heteroatoms. The summed E-state index contributed by atoms with van der Waals surface area (Å²) in [5, 5.41) is 0. The molecule has 0 atom stereocenters. The highest BCUT2D eigenvalue weighted by Crippen LogP contribution is 1.59. The lowest BCUT2D eigenvalue weighted by molar-refractivity contribution is -0.102. The van der Waals surface area contributed by atoms with Crippen molar-refractivity contribution < 1.29 is 4.79 Å². The van der Waals surface area contributed by atoms with E-state index < -0.39 is 0 Å². The molecule has 0 spiro atoms. The second-order valence-electron chi connectivity index (χ2n) is 0.729. The van der Waals surface area contributed by atoms with Crippen LogP contribution < -0.4 is 0 Å². The molecule has 0 aliphatic heterocycles. The monoisotopic (exact) mass is 88.0 g/mol. The standard InChI is InChI=1S/C3H4OS/c1-3(5)2-4/h2H,1H3. The Bertz CT molecular complexity index is 57.9. The van der Waals surface area contributed by atoms with E-state index in [1.165, 1.54) is 0 Å². The minimum absolute atomic E-state index is 0.407. The summed E-state index contributed by atoms with van der Waals surface area (Å²) < 4.78 is 0. The van der Waals surface area contributed by atoms with Crippen molar-refractivity contribution >= 4 is 23.4 Å². The normalized spacial score (nSPS) is 6.60. The Labute approximate surface area is 36.0 Å². The minimum atomic E-state index is 0.407. The molecule has 0 N–H and O–H groups in total. The number of rotatable bonds is 1. The summed E-state index contributed by atoms with van der Waals surface area (Å²) in [6.07, 6.45) is 0.648. The van der Waals surface area contributed by atoms with Crippen LogP contribution in [0.3, 0.4) is 0 Å². The third kappa shape index (κ3) is 3.76. The predicted molar refractivity (Wildman–Crippen MR) is 24.3 cm³/mol. The highest BCUT2D eigenvalue weighted by atomic mass is 32.1. The fourth-order valence-electron chi connectivity index (χ4n) is 0. The lowest BCUT2D eigenvalue weighted by atomic mass is 10.6. The van der Waals surface area contributed by atoms with Gasteiger partial charge in [0.15, 0.2) is 6.29 Å². The van der Waals surface area contributed by atoms with Gasteiger partial charge in [0.1, 0.15) is 0 Å². The molecule has 0 aromatic carbocycles. The van der Waals surface area contributed by atoms with Crippen molar-refractivity contribution in [3.05, 3.63) is 0 Å². The van der Waals surface area contributed by atoms with E-state index in [0.717, 1.165) is 0 Å². The molecule has 1 nitrogen and oxygen atoms in total. The lowest BCUT2D eigenvalue weighted by Gasteiger charge is -1.62. The Balaban J connectivity index is 3.20. The first-order valence-electron chi connectivity index (χ1n) is 1.23. The van der Waals surface area contributed by atoms with Crippen molar-refractivity contribution in [3.63, 3.8) is 0 Å². The molecule has 0 aliphatic carbocycles. The molecule has 28 valence electrons. The maximum absolute atomic E-state index is 9.36. The van der Waals surface area contributed by atoms with Gasteiger partial charge in [-0.25, -0.2) is 0 Å². The summed E-state index contributed by atoms with van der Waals surface area (Å²) in [5.74, 6) is 0. The Morgan fingerprint density at radius 2 is 2.20 bits per heavy atom. The number of aldehydes is 1. The van der Waals surface area contributed by atoms with E-state index in [1.807, 2.05) is 0 Å². The van der Waals surface area contributed by atoms with Gasteiger partial charge in [-0.3, -0.25) is 4.79 Å². The zero-order valence-electron chi connectivity index (χ0n) is 2.89. The second kappa shape index (κ2) is 2.03. The van der Waals surface area contributed by atoms with Gasteiger partial charge in [-0.15, -0.1) is 0 Å². The molecular formula is C3H4OS. The zero-order valence-corrected chi connectivity index (χ0v) is 3.71. The van der Waals surface area contributed by atoms with Crippen molar-refractivity contribution in [2.75, 3.05) is 0 Å². The van der Waals surface area contributed by atoms with Gasteiger partial charge in [0.05, 0.1) is 4.86 Å². The maximum atomic E-state index is 9.36. The summed E-state index contributed by atoms with van der Waals surface area (Å²) in [5.41, 5.74) is 0. The van der Waals surface area contributed by atoms with E-state index in [9.17, 15) is 4.79 Å². The van der Waals surface area contributed by atoms with Gasteiger partial charge < -0.3 is 0 Å². The SMILES string of the molecule is CC(=S)C=O. The van der Waals surface area contributed by atoms with E-state index in [-0.39, 0.29) is 0 Å². The molecule has 0 aliphatic rings. The first-order valence-corrected chi connectivity index (χ1v) is 1.64. The summed E-state index contributed by atoms with van der Waals surface area (Å²) in [7, 11) is 0. The van der Waals surface area contributed by atoms with E-state index in [4.69, 9.17) is 0 Å². The van der Waals surface area contributed by atoms with Crippen molar-refractivity contribution in [1.82, 2.24) is 0 Å². The third-order valence-corrected chi connectivity index (χ3v) is 0.262. The molecule has 0 aromatic heterocycles. The maximum Gasteiger partial charge on any atom is 0.156 e. The second-order valence-corrected chi connectivity index (χ2v) is 1.37. The molecule has 0 aromatic rings. The quantitative estimate of drug-likeness (QED) is 0.344. The van der Waals surface area contributed by atoms with Crippen LogP contribution in [0.1, 0.15) is 6.92 Å². The summed E-state index contributed by atoms with van der Waals surface area (Å²) >= 11 is 4.33. The third-order valence-electron chi connectivity index (χ3n) is 0.166. The van der Waals surface area contributed by atoms with E-state index >= 15 is 0 Å². The molecule has 0 unspecified atom stereocenters. The number of hydrogen-bond acceptors (Lipinski definition) is 2. The molecule has 0 saturated carbocycles. The highest BCUT2D eigenvalue weighted by molar-refractivity contribution is 7.81. The average Bonchev–Trinajstić information content (AvgIpc) is 1.38. The average molecular weight is 88.1 g/mol. The van der Waals surface area contributed by atoms with E-state index in [2.05, 4.69) is 12.2 Å². The predicted octanol–water partition coefficient (Wildman–Crippen LogP) is 0.575. The van der Waals surface area contributed by atoms with Crippen molar-refractivity contribution in [2.45, 2.75) is 6.92 Å². The fraction of sp³-hybridized carbons (Fsp3) is 0.333. The van der Waals surface area contributed by atoms with Gasteiger partial charge in [0.2, 0.25) is 0 Å². The summed E-state index contributed by atoms with van der Waals surface area (Å²) in [6, 6.07) is 0. The molecule has 0 saturated heterocycles. The zero-order chi connectivity index (χ0) is 4.28. The minimum Gasteiger partial charge on any atom is -0.297 e. The highest BCUT2D eigenvalue weighted by Gasteiger charge is 1.69. The van der Waals surface area contributed by atoms with Gasteiger partial charge in [-0.05, 0) is 6.92 Å². The van der Waals surface area contributed by atoms with Crippen LogP contribution in [0.5, 0.6) is 0 Å². The van der Waals surface area contributed by atoms with Crippen LogP contribution in [0.4, 0.5) is 0 Å². The largest absolute Gasteiger partial charge is 0.297 e. The Morgan fingerprint density at radius 1 is 2.00 bits per heavy atom. The van der Waals surface area contributed by atoms with Crippen molar-refractivity contribution in [2.24, 2.45) is 0 Å². The molecule has 0 heterocycles.